The van der Waals surface area contributed by atoms with E-state index in [1.54, 1.807) is 6.92 Å². The summed E-state index contributed by atoms with van der Waals surface area (Å²) in [4.78, 5) is 66.5. The minimum Gasteiger partial charge on any atom is -0.457 e. The molecule has 3 saturated heterocycles. The predicted molar refractivity (Wildman–Crippen MR) is 132 cm³/mol. The Kier molecular flexibility index (Phi) is 7.79. The monoisotopic (exact) mass is 533 g/mol. The number of likely N-dealkylation sites (tertiary alicyclic amines) is 1. The lowest BCUT2D eigenvalue weighted by molar-refractivity contribution is -0.164. The third-order valence-corrected chi connectivity index (χ3v) is 8.76. The van der Waals surface area contributed by atoms with E-state index in [2.05, 4.69) is 18.5 Å². The van der Waals surface area contributed by atoms with Crippen molar-refractivity contribution in [3.8, 4) is 0 Å². The molecule has 11 nitrogen and oxygen atoms in total. The van der Waals surface area contributed by atoms with Gasteiger partial charge in [-0.15, -0.1) is 11.8 Å². The first-order chi connectivity index (χ1) is 17.6. The van der Waals surface area contributed by atoms with E-state index in [4.69, 9.17) is 9.47 Å². The number of ether oxygens (including phenoxy) is 2. The van der Waals surface area contributed by atoms with E-state index < -0.39 is 47.9 Å². The fourth-order valence-electron chi connectivity index (χ4n) is 5.65. The molecule has 0 saturated carbocycles. The molecule has 4 amide bonds. The van der Waals surface area contributed by atoms with Crippen LogP contribution < -0.4 is 5.32 Å². The molecule has 200 valence electrons. The number of aliphatic hydroxyl groups is 1. The van der Waals surface area contributed by atoms with E-state index in [0.717, 1.165) is 0 Å². The summed E-state index contributed by atoms with van der Waals surface area (Å²) in [5.74, 6) is -3.42. The zero-order valence-corrected chi connectivity index (χ0v) is 21.6. The molecule has 4 aliphatic rings. The van der Waals surface area contributed by atoms with Crippen molar-refractivity contribution in [2.75, 3.05) is 19.8 Å². The fourth-order valence-corrected chi connectivity index (χ4v) is 7.19. The molecule has 1 unspecified atom stereocenters. The number of thioether (sulfide) groups is 1. The molecular formula is C25H31N3O8S. The number of nitrogens with one attached hydrogen (secondary N) is 1. The van der Waals surface area contributed by atoms with Gasteiger partial charge in [-0.25, -0.2) is 9.59 Å². The van der Waals surface area contributed by atoms with Crippen molar-refractivity contribution in [3.63, 3.8) is 0 Å². The number of esters is 1. The van der Waals surface area contributed by atoms with Crippen LogP contribution in [0, 0.1) is 17.8 Å². The minimum atomic E-state index is -0.879. The first-order valence-electron chi connectivity index (χ1n) is 12.2. The van der Waals surface area contributed by atoms with Crippen LogP contribution in [0.1, 0.15) is 26.7 Å². The first-order valence-corrected chi connectivity index (χ1v) is 13.1. The number of imide groups is 1. The molecule has 0 radical (unpaired) electrons. The van der Waals surface area contributed by atoms with Gasteiger partial charge in [-0.05, 0) is 13.3 Å². The van der Waals surface area contributed by atoms with Crippen LogP contribution in [0.4, 0.5) is 4.79 Å². The number of β-lactam (4-membered cyclic amide) rings is 1. The van der Waals surface area contributed by atoms with E-state index in [1.807, 2.05) is 6.92 Å². The number of fused-ring (bicyclic) bond motifs is 1. The van der Waals surface area contributed by atoms with Crippen LogP contribution in [-0.2, 0) is 28.7 Å². The number of hydrogen-bond donors (Lipinski definition) is 2. The standard InChI is InChI=1S/C25H31N3O8S/c1-5-7-35-24(33)20-21(12(3)19-18(13(4)29)23(32)28(19)20)37-14-9-16(15-10-17(30)26-22(15)31)27(11-14)25(34)36-8-6-2/h5-6,12-16,18-19,29H,1-2,7-11H2,3-4H3,(H,26,30,31)/t12-,13-,14+,15?,16+,18-,19-/m1/s1. The van der Waals surface area contributed by atoms with Crippen LogP contribution in [0.5, 0.6) is 0 Å². The summed E-state index contributed by atoms with van der Waals surface area (Å²) in [7, 11) is 0. The normalized spacial score (nSPS) is 31.6. The summed E-state index contributed by atoms with van der Waals surface area (Å²) in [5, 5.41) is 12.2. The van der Waals surface area contributed by atoms with Crippen LogP contribution in [0.25, 0.3) is 0 Å². The molecule has 3 fully saturated rings. The molecule has 0 aliphatic carbocycles. The fraction of sp³-hybridized carbons (Fsp3) is 0.560. The molecular weight excluding hydrogens is 502 g/mol. The third kappa shape index (κ3) is 4.79. The van der Waals surface area contributed by atoms with Crippen molar-refractivity contribution in [1.29, 1.82) is 0 Å². The second-order valence-electron chi connectivity index (χ2n) is 9.64. The van der Waals surface area contributed by atoms with Gasteiger partial charge in [-0.2, -0.15) is 0 Å². The molecule has 4 heterocycles. The summed E-state index contributed by atoms with van der Waals surface area (Å²) in [5.41, 5.74) is 0.143. The topological polar surface area (TPSA) is 143 Å². The van der Waals surface area contributed by atoms with Crippen LogP contribution >= 0.6 is 11.8 Å². The lowest BCUT2D eigenvalue weighted by Crippen LogP contribution is -2.63. The Morgan fingerprint density at radius 2 is 1.89 bits per heavy atom. The predicted octanol–water partition coefficient (Wildman–Crippen LogP) is 0.946. The van der Waals surface area contributed by atoms with Gasteiger partial charge >= 0.3 is 12.1 Å². The first kappa shape index (κ1) is 26.9. The number of nitrogens with zero attached hydrogens (tertiary/aromatic N) is 2. The number of amides is 4. The van der Waals surface area contributed by atoms with E-state index >= 15 is 0 Å². The van der Waals surface area contributed by atoms with E-state index in [1.165, 1.54) is 33.7 Å². The summed E-state index contributed by atoms with van der Waals surface area (Å²) in [6.07, 6.45) is 1.73. The molecule has 0 aromatic carbocycles. The lowest BCUT2D eigenvalue weighted by Gasteiger charge is -2.46. The zero-order valence-electron chi connectivity index (χ0n) is 20.8. The van der Waals surface area contributed by atoms with Gasteiger partial charge in [0, 0.05) is 35.1 Å². The molecule has 7 atom stereocenters. The van der Waals surface area contributed by atoms with Gasteiger partial charge < -0.3 is 24.4 Å². The third-order valence-electron chi connectivity index (χ3n) is 7.26. The van der Waals surface area contributed by atoms with Gasteiger partial charge in [0.15, 0.2) is 0 Å². The van der Waals surface area contributed by atoms with Crippen LogP contribution in [0.3, 0.4) is 0 Å². The van der Waals surface area contributed by atoms with Gasteiger partial charge in [-0.3, -0.25) is 19.7 Å². The Labute approximate surface area is 218 Å². The highest BCUT2D eigenvalue weighted by Gasteiger charge is 2.60. The van der Waals surface area contributed by atoms with Crippen molar-refractivity contribution < 1.29 is 38.6 Å². The number of carbonyl (C=O) groups is 5. The molecule has 2 N–H and O–H groups in total. The molecule has 12 heteroatoms. The Balaban J connectivity index is 1.61. The van der Waals surface area contributed by atoms with Crippen molar-refractivity contribution in [3.05, 3.63) is 35.9 Å². The molecule has 0 spiro atoms. The zero-order chi connectivity index (χ0) is 27.0. The lowest BCUT2D eigenvalue weighted by atomic mass is 9.79. The van der Waals surface area contributed by atoms with E-state index in [-0.39, 0.29) is 55.0 Å². The Bertz CT molecular complexity index is 1070. The summed E-state index contributed by atoms with van der Waals surface area (Å²) in [6, 6.07) is -0.955. The summed E-state index contributed by atoms with van der Waals surface area (Å²) >= 11 is 1.36. The maximum Gasteiger partial charge on any atom is 0.410 e. The Hall–Kier alpha value is -3.12. The number of carbonyl (C=O) groups excluding carboxylic acids is 5. The van der Waals surface area contributed by atoms with E-state index in [9.17, 15) is 29.1 Å². The number of aliphatic hydroxyl groups excluding tert-OH is 1. The SMILES string of the molecule is C=CCOC(=O)C1=C(S[C@H]2C[C@@H](C3CC(=O)NC3=O)N(C(=O)OCC=C)C2)[C@H](C)[C@@H]2[C@@H]([C@@H](C)O)C(=O)N12. The summed E-state index contributed by atoms with van der Waals surface area (Å²) < 4.78 is 10.5. The second-order valence-corrected chi connectivity index (χ2v) is 11.0. The van der Waals surface area contributed by atoms with Crippen molar-refractivity contribution in [2.24, 2.45) is 17.8 Å². The van der Waals surface area contributed by atoms with Crippen LogP contribution in [0.15, 0.2) is 35.9 Å². The molecule has 37 heavy (non-hydrogen) atoms. The average molecular weight is 534 g/mol. The molecule has 0 aromatic rings. The Morgan fingerprint density at radius 1 is 1.22 bits per heavy atom. The molecule has 0 aromatic heterocycles. The highest BCUT2D eigenvalue weighted by molar-refractivity contribution is 8.03. The van der Waals surface area contributed by atoms with Gasteiger partial charge in [0.05, 0.1) is 24.0 Å². The van der Waals surface area contributed by atoms with Crippen molar-refractivity contribution in [2.45, 2.75) is 50.1 Å². The number of hydrogen-bond acceptors (Lipinski definition) is 9. The second kappa shape index (κ2) is 10.7. The van der Waals surface area contributed by atoms with Gasteiger partial charge in [0.2, 0.25) is 17.7 Å². The smallest absolute Gasteiger partial charge is 0.410 e. The minimum absolute atomic E-state index is 0.00335. The number of rotatable bonds is 9. The van der Waals surface area contributed by atoms with Gasteiger partial charge in [-0.1, -0.05) is 32.2 Å². The summed E-state index contributed by atoms with van der Waals surface area (Å²) in [6.45, 7) is 10.7. The van der Waals surface area contributed by atoms with Gasteiger partial charge in [0.1, 0.15) is 18.9 Å². The highest BCUT2D eigenvalue weighted by atomic mass is 32.2. The molecule has 0 bridgehead atoms. The van der Waals surface area contributed by atoms with Crippen molar-refractivity contribution in [1.82, 2.24) is 15.1 Å². The average Bonchev–Trinajstić information content (AvgIpc) is 3.48. The van der Waals surface area contributed by atoms with Crippen molar-refractivity contribution >= 4 is 41.5 Å². The maximum absolute atomic E-state index is 13.0. The maximum atomic E-state index is 13.0. The van der Waals surface area contributed by atoms with E-state index in [0.29, 0.717) is 11.3 Å². The van der Waals surface area contributed by atoms with Gasteiger partial charge in [0.25, 0.3) is 0 Å². The molecule has 4 rings (SSSR count). The quantitative estimate of drug-likeness (QED) is 0.192. The largest absolute Gasteiger partial charge is 0.457 e. The Morgan fingerprint density at radius 3 is 2.49 bits per heavy atom. The highest BCUT2D eigenvalue weighted by Crippen LogP contribution is 2.52. The van der Waals surface area contributed by atoms with Crippen LogP contribution in [-0.4, -0.2) is 87.9 Å². The van der Waals surface area contributed by atoms with Crippen LogP contribution in [0.2, 0.25) is 0 Å². The molecule has 4 aliphatic heterocycles.